The quantitative estimate of drug-likeness (QED) is 0.565. The molecule has 0 amide bonds. The van der Waals surface area contributed by atoms with Crippen LogP contribution in [0.2, 0.25) is 0 Å². The first-order valence-electron chi connectivity index (χ1n) is 6.40. The second-order valence-corrected chi connectivity index (χ2v) is 7.58. The van der Waals surface area contributed by atoms with Gasteiger partial charge in [-0.05, 0) is 77.4 Å². The van der Waals surface area contributed by atoms with Crippen LogP contribution in [-0.2, 0) is 0 Å². The Morgan fingerprint density at radius 3 is 1.62 bits per heavy atom. The van der Waals surface area contributed by atoms with Crippen molar-refractivity contribution >= 4 is 0 Å². The lowest BCUT2D eigenvalue weighted by Crippen LogP contribution is -3.08. The molecule has 0 heterocycles. The maximum absolute atomic E-state index is 1.69. The fraction of sp³-hybridized carbons (Fsp3) is 1.00. The number of hydrogen-bond donors (Lipinski definition) is 0. The van der Waals surface area contributed by atoms with E-state index < -0.39 is 0 Å². The van der Waals surface area contributed by atoms with Crippen molar-refractivity contribution in [3.05, 3.63) is 0 Å². The van der Waals surface area contributed by atoms with E-state index in [4.69, 9.17) is 0 Å². The molecule has 2 bridgehead atoms. The van der Waals surface area contributed by atoms with Gasteiger partial charge < -0.3 is 0 Å². The molecule has 9 saturated carbocycles. The van der Waals surface area contributed by atoms with Crippen LogP contribution in [0, 0.1) is 58.2 Å². The zero-order valence-electron chi connectivity index (χ0n) is 7.74. The molecule has 0 spiro atoms. The van der Waals surface area contributed by atoms with Crippen molar-refractivity contribution in [2.45, 2.75) is 19.3 Å². The van der Waals surface area contributed by atoms with Crippen LogP contribution in [0.15, 0.2) is 0 Å². The Bertz CT molecular complexity index is 338. The van der Waals surface area contributed by atoms with Gasteiger partial charge in [-0.2, -0.15) is 0 Å². The summed E-state index contributed by atoms with van der Waals surface area (Å²) < 4.78 is 0. The highest BCUT2D eigenvalue weighted by Gasteiger charge is 3.07. The zero-order valence-corrected chi connectivity index (χ0v) is 7.74. The van der Waals surface area contributed by atoms with Crippen LogP contribution < -0.4 is 0 Å². The van der Waals surface area contributed by atoms with Gasteiger partial charge in [-0.15, -0.1) is 0 Å². The molecule has 0 N–H and O–H groups in total. The molecule has 0 aromatic heterocycles. The monoisotopic (exact) mass is 170 g/mol. The van der Waals surface area contributed by atoms with Crippen LogP contribution in [0.5, 0.6) is 0 Å². The second kappa shape index (κ2) is 0.955. The molecular weight excluding hydrogens is 156 g/mol. The Morgan fingerprint density at radius 1 is 0.692 bits per heavy atom. The molecule has 9 rings (SSSR count). The van der Waals surface area contributed by atoms with Gasteiger partial charge >= 0.3 is 0 Å². The lowest BCUT2D eigenvalue weighted by atomic mass is 8.92. The molecule has 9 aliphatic carbocycles. The van der Waals surface area contributed by atoms with Crippen molar-refractivity contribution in [1.29, 1.82) is 0 Å². The SMILES string of the molecule is C1C2CC1(C13C4C5C6C4C1C6C53)C2. The van der Waals surface area contributed by atoms with Gasteiger partial charge in [0.2, 0.25) is 0 Å². The molecule has 9 fully saturated rings. The predicted molar refractivity (Wildman–Crippen MR) is 46.6 cm³/mol. The second-order valence-electron chi connectivity index (χ2n) is 7.58. The summed E-state index contributed by atoms with van der Waals surface area (Å²) >= 11 is 0. The third kappa shape index (κ3) is 0.197. The summed E-state index contributed by atoms with van der Waals surface area (Å²) in [6.07, 6.45) is 5.06. The van der Waals surface area contributed by atoms with Gasteiger partial charge in [-0.3, -0.25) is 0 Å². The van der Waals surface area contributed by atoms with Crippen LogP contribution >= 0.6 is 0 Å². The maximum atomic E-state index is 1.69. The van der Waals surface area contributed by atoms with E-state index in [1.807, 2.05) is 0 Å². The lowest BCUT2D eigenvalue weighted by molar-refractivity contribution is -0.653. The third-order valence-electron chi connectivity index (χ3n) is 8.43. The molecule has 0 saturated heterocycles. The Hall–Kier alpha value is 0. The molecule has 13 heavy (non-hydrogen) atoms. The predicted octanol–water partition coefficient (Wildman–Crippen LogP) is 2.15. The van der Waals surface area contributed by atoms with Gasteiger partial charge in [0.1, 0.15) is 0 Å². The highest BCUT2D eigenvalue weighted by Crippen LogP contribution is 3.10. The van der Waals surface area contributed by atoms with Crippen LogP contribution in [0.25, 0.3) is 0 Å². The van der Waals surface area contributed by atoms with Crippen molar-refractivity contribution in [2.24, 2.45) is 58.2 Å². The molecule has 0 radical (unpaired) electrons. The maximum Gasteiger partial charge on any atom is -0.0139 e. The minimum Gasteiger partial charge on any atom is -0.0441 e. The Morgan fingerprint density at radius 2 is 1.23 bits per heavy atom. The molecule has 0 aliphatic heterocycles. The molecule has 0 nitrogen and oxygen atoms in total. The largest absolute Gasteiger partial charge is 0.0441 e. The molecule has 9 aliphatic rings. The minimum atomic E-state index is 1.01. The fourth-order valence-corrected chi connectivity index (χ4v) is 8.50. The molecule has 0 atom stereocenters. The van der Waals surface area contributed by atoms with Crippen molar-refractivity contribution in [2.75, 3.05) is 0 Å². The minimum absolute atomic E-state index is 1.01. The van der Waals surface area contributed by atoms with Gasteiger partial charge in [0.05, 0.1) is 0 Å². The van der Waals surface area contributed by atoms with Crippen molar-refractivity contribution < 1.29 is 0 Å². The molecule has 0 unspecified atom stereocenters. The van der Waals surface area contributed by atoms with E-state index in [0.717, 1.165) is 10.8 Å². The van der Waals surface area contributed by atoms with E-state index in [1.54, 1.807) is 19.3 Å². The Labute approximate surface area is 78.1 Å². The first-order chi connectivity index (χ1) is 6.40. The summed E-state index contributed by atoms with van der Waals surface area (Å²) in [5, 5.41) is 0. The first-order valence-corrected chi connectivity index (χ1v) is 6.40. The number of rotatable bonds is 1. The smallest absolute Gasteiger partial charge is 0.0139 e. The summed E-state index contributed by atoms with van der Waals surface area (Å²) in [4.78, 5) is 0. The average Bonchev–Trinajstić information content (AvgIpc) is 1.99. The van der Waals surface area contributed by atoms with Crippen LogP contribution in [-0.4, -0.2) is 0 Å². The summed E-state index contributed by atoms with van der Waals surface area (Å²) in [5.74, 6) is 10.5. The Kier molecular flexibility index (Phi) is 0.381. The molecule has 66 valence electrons. The van der Waals surface area contributed by atoms with E-state index >= 15 is 0 Å². The van der Waals surface area contributed by atoms with Gasteiger partial charge in [-0.25, -0.2) is 0 Å². The summed E-state index contributed by atoms with van der Waals surface area (Å²) in [5.41, 5.74) is 2.07. The Balaban J connectivity index is 1.52. The van der Waals surface area contributed by atoms with E-state index in [-0.39, 0.29) is 0 Å². The first kappa shape index (κ1) is 5.19. The van der Waals surface area contributed by atoms with E-state index in [1.165, 1.54) is 47.3 Å². The normalized spacial score (nSPS) is 102. The summed E-state index contributed by atoms with van der Waals surface area (Å²) in [6.45, 7) is 0. The topological polar surface area (TPSA) is 0 Å². The van der Waals surface area contributed by atoms with Gasteiger partial charge in [0.25, 0.3) is 0 Å². The van der Waals surface area contributed by atoms with E-state index in [9.17, 15) is 0 Å². The van der Waals surface area contributed by atoms with Gasteiger partial charge in [0.15, 0.2) is 0 Å². The highest BCUT2D eigenvalue weighted by molar-refractivity contribution is 5.53. The van der Waals surface area contributed by atoms with E-state index in [2.05, 4.69) is 0 Å². The fourth-order valence-electron chi connectivity index (χ4n) is 8.50. The van der Waals surface area contributed by atoms with Crippen molar-refractivity contribution in [1.82, 2.24) is 0 Å². The molecule has 0 heteroatoms. The molecular formula is C13H14. The number of hydrogen-bond acceptors (Lipinski definition) is 0. The zero-order chi connectivity index (χ0) is 7.74. The lowest BCUT2D eigenvalue weighted by Gasteiger charge is -3.12. The standard InChI is InChI=1S/C13H14/c1-4-2-12(1,3-4)13-9-6-5-7(9)11(13)8(5)10(6)13/h4-11H,1-3H2. The summed E-state index contributed by atoms with van der Waals surface area (Å²) in [7, 11) is 0. The molecule has 0 aromatic carbocycles. The third-order valence-corrected chi connectivity index (χ3v) is 8.43. The van der Waals surface area contributed by atoms with Crippen LogP contribution in [0.1, 0.15) is 19.3 Å². The van der Waals surface area contributed by atoms with Crippen molar-refractivity contribution in [3.63, 3.8) is 0 Å². The van der Waals surface area contributed by atoms with Crippen LogP contribution in [0.3, 0.4) is 0 Å². The van der Waals surface area contributed by atoms with E-state index in [0.29, 0.717) is 0 Å². The van der Waals surface area contributed by atoms with Crippen molar-refractivity contribution in [3.8, 4) is 0 Å². The highest BCUT2D eigenvalue weighted by atomic mass is 15.1. The van der Waals surface area contributed by atoms with Gasteiger partial charge in [-0.1, -0.05) is 0 Å². The van der Waals surface area contributed by atoms with Gasteiger partial charge in [0, 0.05) is 0 Å². The van der Waals surface area contributed by atoms with Crippen LogP contribution in [0.4, 0.5) is 0 Å². The molecule has 0 aromatic rings. The summed E-state index contributed by atoms with van der Waals surface area (Å²) in [6, 6.07) is 0. The average molecular weight is 170 g/mol.